The fourth-order valence-electron chi connectivity index (χ4n) is 2.16. The lowest BCUT2D eigenvalue weighted by Gasteiger charge is -2.23. The van der Waals surface area contributed by atoms with Crippen molar-refractivity contribution >= 4 is 28.9 Å². The molecule has 1 fully saturated rings. The summed E-state index contributed by atoms with van der Waals surface area (Å²) < 4.78 is 0. The number of nitrogens with zero attached hydrogens (tertiary/aromatic N) is 2. The number of nitro groups is 1. The van der Waals surface area contributed by atoms with Crippen LogP contribution in [0.1, 0.15) is 19.8 Å². The second kappa shape index (κ2) is 6.20. The molecule has 0 heterocycles. The summed E-state index contributed by atoms with van der Waals surface area (Å²) in [7, 11) is 0. The van der Waals surface area contributed by atoms with Crippen LogP contribution < -0.4 is 10.6 Å². The summed E-state index contributed by atoms with van der Waals surface area (Å²) in [5.74, 6) is -0.147. The molecular formula is C14H15ClN4O3. The number of carbonyl (C=O) groups is 1. The van der Waals surface area contributed by atoms with Gasteiger partial charge in [0.15, 0.2) is 0 Å². The molecular weight excluding hydrogens is 308 g/mol. The average molecular weight is 323 g/mol. The lowest BCUT2D eigenvalue weighted by molar-refractivity contribution is -0.384. The Morgan fingerprint density at radius 3 is 2.82 bits per heavy atom. The Hall–Kier alpha value is -2.33. The highest BCUT2D eigenvalue weighted by Gasteiger charge is 2.42. The van der Waals surface area contributed by atoms with Gasteiger partial charge in [0, 0.05) is 11.8 Å². The van der Waals surface area contributed by atoms with Gasteiger partial charge in [-0.1, -0.05) is 11.6 Å². The quantitative estimate of drug-likeness (QED) is 0.617. The third-order valence-electron chi connectivity index (χ3n) is 3.62. The molecule has 0 aliphatic heterocycles. The van der Waals surface area contributed by atoms with E-state index < -0.39 is 10.5 Å². The molecule has 2 N–H and O–H groups in total. The first-order chi connectivity index (χ1) is 10.4. The van der Waals surface area contributed by atoms with E-state index in [0.29, 0.717) is 5.69 Å². The Kier molecular flexibility index (Phi) is 4.52. The van der Waals surface area contributed by atoms with E-state index in [1.165, 1.54) is 12.1 Å². The number of nitriles is 1. The Labute approximate surface area is 132 Å². The lowest BCUT2D eigenvalue weighted by Crippen LogP contribution is -2.48. The van der Waals surface area contributed by atoms with Gasteiger partial charge in [-0.2, -0.15) is 5.26 Å². The number of hydrogen-bond donors (Lipinski definition) is 2. The number of nitrogens with one attached hydrogen (secondary N) is 2. The van der Waals surface area contributed by atoms with Crippen molar-refractivity contribution in [2.75, 3.05) is 11.9 Å². The molecule has 0 saturated heterocycles. The van der Waals surface area contributed by atoms with E-state index in [1.54, 1.807) is 13.0 Å². The number of nitro benzene ring substituents is 1. The van der Waals surface area contributed by atoms with Gasteiger partial charge < -0.3 is 10.6 Å². The molecule has 7 nitrogen and oxygen atoms in total. The monoisotopic (exact) mass is 322 g/mol. The molecule has 1 unspecified atom stereocenters. The van der Waals surface area contributed by atoms with Gasteiger partial charge in [0.05, 0.1) is 17.5 Å². The normalized spacial score (nSPS) is 16.2. The van der Waals surface area contributed by atoms with Crippen molar-refractivity contribution in [3.8, 4) is 6.07 Å². The molecule has 1 atom stereocenters. The molecule has 1 aromatic carbocycles. The SMILES string of the molecule is CC(C#N)(NC(=O)CNc1ccc(Cl)c([N+](=O)[O-])c1)C1CC1. The highest BCUT2D eigenvalue weighted by atomic mass is 35.5. The van der Waals surface area contributed by atoms with E-state index in [0.717, 1.165) is 12.8 Å². The van der Waals surface area contributed by atoms with Gasteiger partial charge in [0.1, 0.15) is 10.6 Å². The van der Waals surface area contributed by atoms with Gasteiger partial charge in [-0.05, 0) is 37.8 Å². The van der Waals surface area contributed by atoms with Crippen LogP contribution in [0, 0.1) is 27.4 Å². The van der Waals surface area contributed by atoms with Gasteiger partial charge in [-0.3, -0.25) is 14.9 Å². The summed E-state index contributed by atoms with van der Waals surface area (Å²) in [6.45, 7) is 1.62. The van der Waals surface area contributed by atoms with Crippen molar-refractivity contribution in [2.45, 2.75) is 25.3 Å². The van der Waals surface area contributed by atoms with Gasteiger partial charge in [0.25, 0.3) is 5.69 Å². The number of anilines is 1. The van der Waals surface area contributed by atoms with Crippen LogP contribution >= 0.6 is 11.6 Å². The van der Waals surface area contributed by atoms with Crippen molar-refractivity contribution in [3.05, 3.63) is 33.3 Å². The van der Waals surface area contributed by atoms with Crippen molar-refractivity contribution in [1.29, 1.82) is 5.26 Å². The van der Waals surface area contributed by atoms with E-state index in [-0.39, 0.29) is 29.1 Å². The van der Waals surface area contributed by atoms with Crippen molar-refractivity contribution in [2.24, 2.45) is 5.92 Å². The summed E-state index contributed by atoms with van der Waals surface area (Å²) in [6, 6.07) is 6.34. The van der Waals surface area contributed by atoms with E-state index in [4.69, 9.17) is 11.6 Å². The molecule has 1 aliphatic rings. The maximum absolute atomic E-state index is 11.9. The number of amides is 1. The molecule has 116 valence electrons. The molecule has 1 aliphatic carbocycles. The minimum Gasteiger partial charge on any atom is -0.376 e. The van der Waals surface area contributed by atoms with Crippen LogP contribution in [-0.2, 0) is 4.79 Å². The number of carbonyl (C=O) groups excluding carboxylic acids is 1. The Morgan fingerprint density at radius 2 is 2.27 bits per heavy atom. The number of benzene rings is 1. The topological polar surface area (TPSA) is 108 Å². The van der Waals surface area contributed by atoms with Gasteiger partial charge in [-0.25, -0.2) is 0 Å². The van der Waals surface area contributed by atoms with Crippen LogP contribution in [0.2, 0.25) is 5.02 Å². The highest BCUT2D eigenvalue weighted by molar-refractivity contribution is 6.32. The number of rotatable bonds is 6. The summed E-state index contributed by atoms with van der Waals surface area (Å²) in [6.07, 6.45) is 1.86. The maximum atomic E-state index is 11.9. The smallest absolute Gasteiger partial charge is 0.289 e. The van der Waals surface area contributed by atoms with E-state index in [2.05, 4.69) is 16.7 Å². The summed E-state index contributed by atoms with van der Waals surface area (Å²) in [5, 5.41) is 25.5. The van der Waals surface area contributed by atoms with Crippen LogP contribution in [-0.4, -0.2) is 22.9 Å². The fourth-order valence-corrected chi connectivity index (χ4v) is 2.35. The fraction of sp³-hybridized carbons (Fsp3) is 0.429. The second-order valence-corrected chi connectivity index (χ2v) is 5.82. The molecule has 1 saturated carbocycles. The molecule has 8 heteroatoms. The Morgan fingerprint density at radius 1 is 1.59 bits per heavy atom. The number of halogens is 1. The first-order valence-corrected chi connectivity index (χ1v) is 7.13. The van der Waals surface area contributed by atoms with Crippen LogP contribution in [0.15, 0.2) is 18.2 Å². The Bertz CT molecular complexity index is 654. The van der Waals surface area contributed by atoms with Crippen LogP contribution in [0.3, 0.4) is 0 Å². The minimum atomic E-state index is -0.856. The first-order valence-electron chi connectivity index (χ1n) is 6.76. The largest absolute Gasteiger partial charge is 0.376 e. The molecule has 0 bridgehead atoms. The zero-order valence-corrected chi connectivity index (χ0v) is 12.7. The van der Waals surface area contributed by atoms with Crippen LogP contribution in [0.5, 0.6) is 0 Å². The number of hydrogen-bond acceptors (Lipinski definition) is 5. The predicted octanol–water partition coefficient (Wildman–Crippen LogP) is 2.47. The van der Waals surface area contributed by atoms with E-state index in [9.17, 15) is 20.2 Å². The molecule has 0 radical (unpaired) electrons. The standard InChI is InChI=1S/C14H15ClN4O3/c1-14(8-16,9-2-3-9)18-13(20)7-17-10-4-5-11(15)12(6-10)19(21)22/h4-6,9,17H,2-3,7H2,1H3,(H,18,20). The van der Waals surface area contributed by atoms with E-state index >= 15 is 0 Å². The van der Waals surface area contributed by atoms with Crippen molar-refractivity contribution in [1.82, 2.24) is 5.32 Å². The second-order valence-electron chi connectivity index (χ2n) is 5.41. The summed E-state index contributed by atoms with van der Waals surface area (Å²) in [4.78, 5) is 22.1. The van der Waals surface area contributed by atoms with Crippen LogP contribution in [0.25, 0.3) is 0 Å². The van der Waals surface area contributed by atoms with Crippen molar-refractivity contribution < 1.29 is 9.72 Å². The van der Waals surface area contributed by atoms with E-state index in [1.807, 2.05) is 0 Å². The zero-order chi connectivity index (χ0) is 16.3. The van der Waals surface area contributed by atoms with Crippen molar-refractivity contribution in [3.63, 3.8) is 0 Å². The summed E-state index contributed by atoms with van der Waals surface area (Å²) >= 11 is 5.72. The third-order valence-corrected chi connectivity index (χ3v) is 3.94. The third kappa shape index (κ3) is 3.65. The maximum Gasteiger partial charge on any atom is 0.289 e. The molecule has 0 aromatic heterocycles. The zero-order valence-electron chi connectivity index (χ0n) is 11.9. The van der Waals surface area contributed by atoms with Crippen LogP contribution in [0.4, 0.5) is 11.4 Å². The molecule has 2 rings (SSSR count). The molecule has 0 spiro atoms. The first kappa shape index (κ1) is 16.0. The Balaban J connectivity index is 1.95. The molecule has 1 aromatic rings. The lowest BCUT2D eigenvalue weighted by atomic mass is 9.98. The van der Waals surface area contributed by atoms with Gasteiger partial charge in [0.2, 0.25) is 5.91 Å². The van der Waals surface area contributed by atoms with Gasteiger partial charge in [-0.15, -0.1) is 0 Å². The minimum absolute atomic E-state index is 0.0331. The average Bonchev–Trinajstić information content (AvgIpc) is 3.31. The molecule has 22 heavy (non-hydrogen) atoms. The van der Waals surface area contributed by atoms with Gasteiger partial charge >= 0.3 is 0 Å². The predicted molar refractivity (Wildman–Crippen MR) is 81.5 cm³/mol. The summed E-state index contributed by atoms with van der Waals surface area (Å²) in [5.41, 5.74) is -0.673. The highest BCUT2D eigenvalue weighted by Crippen LogP contribution is 2.39. The molecule has 1 amide bonds.